The van der Waals surface area contributed by atoms with Crippen LogP contribution in [0.5, 0.6) is 0 Å². The zero-order valence-corrected chi connectivity index (χ0v) is 20.8. The molecule has 0 unspecified atom stereocenters. The van der Waals surface area contributed by atoms with Crippen LogP contribution in [-0.2, 0) is 20.1 Å². The lowest BCUT2D eigenvalue weighted by molar-refractivity contribution is 0.301. The molecular weight excluding hydrogens is 462 g/mol. The Morgan fingerprint density at radius 2 is 1.95 bits per heavy atom. The van der Waals surface area contributed by atoms with Gasteiger partial charge in [-0.2, -0.15) is 0 Å². The van der Waals surface area contributed by atoms with Gasteiger partial charge in [0, 0.05) is 55.5 Å². The maximum atomic E-state index is 4.78. The van der Waals surface area contributed by atoms with Gasteiger partial charge in [-0.25, -0.2) is 9.67 Å². The first kappa shape index (κ1) is 22.0. The zero-order chi connectivity index (χ0) is 24.8. The van der Waals surface area contributed by atoms with E-state index in [1.165, 1.54) is 30.2 Å². The molecule has 1 aliphatic carbocycles. The number of hydrogen-bond donors (Lipinski definition) is 1. The molecule has 0 amide bonds. The van der Waals surface area contributed by atoms with Gasteiger partial charge in [0.15, 0.2) is 0 Å². The third-order valence-corrected chi connectivity index (χ3v) is 7.41. The Balaban J connectivity index is 1.07. The van der Waals surface area contributed by atoms with Gasteiger partial charge in [-0.05, 0) is 55.1 Å². The second-order valence-electron chi connectivity index (χ2n) is 10.1. The molecule has 37 heavy (non-hydrogen) atoms. The minimum atomic E-state index is 0.554. The van der Waals surface area contributed by atoms with Crippen LogP contribution in [0.2, 0.25) is 0 Å². The van der Waals surface area contributed by atoms with Gasteiger partial charge in [0.1, 0.15) is 17.0 Å². The van der Waals surface area contributed by atoms with E-state index in [4.69, 9.17) is 4.98 Å². The van der Waals surface area contributed by atoms with Crippen LogP contribution in [0.3, 0.4) is 0 Å². The summed E-state index contributed by atoms with van der Waals surface area (Å²) in [7, 11) is 2.05. The van der Waals surface area contributed by atoms with E-state index in [0.29, 0.717) is 6.54 Å². The SMILES string of the molecule is Cn1ccc2ccn(-c3cncc(-c4cn(Cc5cn6cc(CNCC7CCC7)ccc6n5)nn4)c3)c21. The van der Waals surface area contributed by atoms with E-state index in [9.17, 15) is 0 Å². The fraction of sp³-hybridized carbons (Fsp3) is 0.286. The monoisotopic (exact) mass is 491 g/mol. The Morgan fingerprint density at radius 3 is 2.84 bits per heavy atom. The van der Waals surface area contributed by atoms with Crippen molar-refractivity contribution in [2.24, 2.45) is 13.0 Å². The normalized spacial score (nSPS) is 14.1. The molecule has 1 N–H and O–H groups in total. The van der Waals surface area contributed by atoms with Crippen molar-refractivity contribution in [1.29, 1.82) is 0 Å². The van der Waals surface area contributed by atoms with Crippen LogP contribution in [0.4, 0.5) is 0 Å². The molecule has 0 aliphatic heterocycles. The first-order valence-electron chi connectivity index (χ1n) is 12.9. The van der Waals surface area contributed by atoms with E-state index >= 15 is 0 Å². The van der Waals surface area contributed by atoms with E-state index in [2.05, 4.69) is 96.3 Å². The Bertz CT molecular complexity index is 1700. The standard InChI is InChI=1S/C28H29N9/c1-34-9-7-22-8-10-37(28(22)34)25-11-23(14-30-15-25)26-19-36(33-32-26)18-24-17-35-16-21(5-6-27(35)31-24)13-29-12-20-3-2-4-20/h5-11,14-17,19-20,29H,2-4,12-13,18H2,1H3. The number of aryl methyl sites for hydroxylation is 1. The predicted octanol–water partition coefficient (Wildman–Crippen LogP) is 4.21. The molecule has 0 aromatic carbocycles. The third kappa shape index (κ3) is 4.21. The molecule has 6 aromatic heterocycles. The summed E-state index contributed by atoms with van der Waals surface area (Å²) < 4.78 is 8.18. The summed E-state index contributed by atoms with van der Waals surface area (Å²) in [5, 5.41) is 13.6. The fourth-order valence-electron chi connectivity index (χ4n) is 5.18. The highest BCUT2D eigenvalue weighted by Crippen LogP contribution is 2.26. The van der Waals surface area contributed by atoms with Crippen molar-refractivity contribution >= 4 is 16.7 Å². The average Bonchev–Trinajstić information content (AvgIpc) is 3.66. The summed E-state index contributed by atoms with van der Waals surface area (Å²) >= 11 is 0. The Kier molecular flexibility index (Phi) is 5.35. The number of imidazole rings is 1. The lowest BCUT2D eigenvalue weighted by atomic mass is 9.85. The molecule has 0 atom stereocenters. The summed E-state index contributed by atoms with van der Waals surface area (Å²) in [5.74, 6) is 0.864. The highest BCUT2D eigenvalue weighted by Gasteiger charge is 2.16. The molecule has 1 aliphatic rings. The van der Waals surface area contributed by atoms with Crippen LogP contribution in [0, 0.1) is 5.92 Å². The average molecular weight is 492 g/mol. The minimum Gasteiger partial charge on any atom is -0.337 e. The van der Waals surface area contributed by atoms with Crippen molar-refractivity contribution in [3.05, 3.63) is 85.0 Å². The van der Waals surface area contributed by atoms with Crippen molar-refractivity contribution in [3.8, 4) is 16.9 Å². The summed E-state index contributed by atoms with van der Waals surface area (Å²) in [6.45, 7) is 2.55. The van der Waals surface area contributed by atoms with Gasteiger partial charge in [-0.1, -0.05) is 17.7 Å². The van der Waals surface area contributed by atoms with Crippen molar-refractivity contribution in [1.82, 2.24) is 43.8 Å². The van der Waals surface area contributed by atoms with Crippen LogP contribution in [-0.4, -0.2) is 45.0 Å². The summed E-state index contributed by atoms with van der Waals surface area (Å²) in [6.07, 6.45) is 18.1. The van der Waals surface area contributed by atoms with Crippen LogP contribution in [0.25, 0.3) is 33.6 Å². The molecule has 0 bridgehead atoms. The first-order chi connectivity index (χ1) is 18.2. The molecule has 0 radical (unpaired) electrons. The third-order valence-electron chi connectivity index (χ3n) is 7.41. The van der Waals surface area contributed by atoms with E-state index in [-0.39, 0.29) is 0 Å². The molecule has 6 heterocycles. The lowest BCUT2D eigenvalue weighted by Gasteiger charge is -2.25. The molecule has 7 rings (SSSR count). The van der Waals surface area contributed by atoms with Gasteiger partial charge in [0.25, 0.3) is 0 Å². The highest BCUT2D eigenvalue weighted by molar-refractivity contribution is 5.80. The zero-order valence-electron chi connectivity index (χ0n) is 20.8. The number of nitrogens with one attached hydrogen (secondary N) is 1. The molecule has 9 nitrogen and oxygen atoms in total. The van der Waals surface area contributed by atoms with E-state index in [1.54, 1.807) is 0 Å². The quantitative estimate of drug-likeness (QED) is 0.345. The largest absolute Gasteiger partial charge is 0.337 e. The number of hydrogen-bond acceptors (Lipinski definition) is 5. The molecule has 0 spiro atoms. The maximum Gasteiger partial charge on any atom is 0.137 e. The Morgan fingerprint density at radius 1 is 1.03 bits per heavy atom. The van der Waals surface area contributed by atoms with Crippen molar-refractivity contribution in [2.45, 2.75) is 32.4 Å². The van der Waals surface area contributed by atoms with Gasteiger partial charge in [0.05, 0.1) is 30.3 Å². The van der Waals surface area contributed by atoms with E-state index in [1.807, 2.05) is 23.3 Å². The number of pyridine rings is 2. The van der Waals surface area contributed by atoms with Crippen LogP contribution in [0.15, 0.2) is 73.7 Å². The first-order valence-corrected chi connectivity index (χ1v) is 12.9. The predicted molar refractivity (Wildman–Crippen MR) is 142 cm³/mol. The van der Waals surface area contributed by atoms with Crippen LogP contribution >= 0.6 is 0 Å². The number of rotatable bonds is 8. The molecular formula is C28H29N9. The molecule has 9 heteroatoms. The molecule has 1 fully saturated rings. The maximum absolute atomic E-state index is 4.78. The highest BCUT2D eigenvalue weighted by atomic mass is 15.4. The minimum absolute atomic E-state index is 0.554. The van der Waals surface area contributed by atoms with Gasteiger partial charge in [-0.15, -0.1) is 5.10 Å². The van der Waals surface area contributed by atoms with Gasteiger partial charge in [0.2, 0.25) is 0 Å². The van der Waals surface area contributed by atoms with E-state index < -0.39 is 0 Å². The molecule has 0 saturated heterocycles. The Labute approximate surface area is 214 Å². The lowest BCUT2D eigenvalue weighted by Crippen LogP contribution is -2.26. The Hall–Kier alpha value is -4.24. The van der Waals surface area contributed by atoms with Crippen molar-refractivity contribution in [3.63, 3.8) is 0 Å². The molecule has 1 saturated carbocycles. The van der Waals surface area contributed by atoms with Crippen molar-refractivity contribution in [2.75, 3.05) is 6.54 Å². The topological polar surface area (TPSA) is 82.8 Å². The number of fused-ring (bicyclic) bond motifs is 2. The fourth-order valence-corrected chi connectivity index (χ4v) is 5.18. The number of nitrogens with zero attached hydrogens (tertiary/aromatic N) is 8. The van der Waals surface area contributed by atoms with Gasteiger partial charge in [-0.3, -0.25) is 4.98 Å². The van der Waals surface area contributed by atoms with Gasteiger partial charge >= 0.3 is 0 Å². The number of aromatic nitrogens is 8. The summed E-state index contributed by atoms with van der Waals surface area (Å²) in [6, 6.07) is 10.6. The second-order valence-corrected chi connectivity index (χ2v) is 10.1. The van der Waals surface area contributed by atoms with Crippen LogP contribution < -0.4 is 5.32 Å². The molecule has 186 valence electrons. The van der Waals surface area contributed by atoms with Gasteiger partial charge < -0.3 is 18.9 Å². The smallest absolute Gasteiger partial charge is 0.137 e. The second kappa shape index (κ2) is 9.01. The van der Waals surface area contributed by atoms with Crippen LogP contribution in [0.1, 0.15) is 30.5 Å². The summed E-state index contributed by atoms with van der Waals surface area (Å²) in [5.41, 5.74) is 6.98. The van der Waals surface area contributed by atoms with E-state index in [0.717, 1.165) is 52.9 Å². The molecule has 6 aromatic rings. The van der Waals surface area contributed by atoms with Crippen molar-refractivity contribution < 1.29 is 0 Å². The summed E-state index contributed by atoms with van der Waals surface area (Å²) in [4.78, 5) is 9.26.